The molecule has 170 valence electrons. The van der Waals surface area contributed by atoms with Gasteiger partial charge < -0.3 is 14.2 Å². The zero-order valence-corrected chi connectivity index (χ0v) is 18.6. The molecule has 2 amide bonds. The van der Waals surface area contributed by atoms with Crippen LogP contribution in [0.15, 0.2) is 58.6 Å². The summed E-state index contributed by atoms with van der Waals surface area (Å²) >= 11 is 0. The maximum atomic E-state index is 12.9. The Morgan fingerprint density at radius 2 is 1.53 bits per heavy atom. The predicted molar refractivity (Wildman–Crippen MR) is 120 cm³/mol. The van der Waals surface area contributed by atoms with Crippen molar-refractivity contribution in [3.63, 3.8) is 0 Å². The molecule has 0 N–H and O–H groups in total. The SMILES string of the molecule is O=C(c1ccco1)N1CCN(C(=O)C2CCN(S(=O)(=O)/C=C/c3ccccc3)CC2)CC1. The van der Waals surface area contributed by atoms with Crippen LogP contribution in [0.3, 0.4) is 0 Å². The summed E-state index contributed by atoms with van der Waals surface area (Å²) in [5, 5.41) is 1.24. The summed E-state index contributed by atoms with van der Waals surface area (Å²) in [6, 6.07) is 12.6. The molecular weight excluding hydrogens is 430 g/mol. The lowest BCUT2D eigenvalue weighted by Gasteiger charge is -2.38. The maximum absolute atomic E-state index is 12.9. The van der Waals surface area contributed by atoms with Crippen molar-refractivity contribution < 1.29 is 22.4 Å². The summed E-state index contributed by atoms with van der Waals surface area (Å²) in [5.41, 5.74) is 0.825. The van der Waals surface area contributed by atoms with Crippen LogP contribution in [0.25, 0.3) is 6.08 Å². The summed E-state index contributed by atoms with van der Waals surface area (Å²) in [7, 11) is -3.52. The summed E-state index contributed by atoms with van der Waals surface area (Å²) in [6.07, 6.45) is 4.07. The molecule has 1 aromatic carbocycles. The Labute approximate surface area is 188 Å². The molecule has 4 rings (SSSR count). The summed E-state index contributed by atoms with van der Waals surface area (Å²) in [6.45, 7) is 2.53. The molecule has 0 aliphatic carbocycles. The van der Waals surface area contributed by atoms with E-state index in [-0.39, 0.29) is 17.7 Å². The van der Waals surface area contributed by atoms with E-state index in [1.165, 1.54) is 16.0 Å². The van der Waals surface area contributed by atoms with Gasteiger partial charge in [-0.25, -0.2) is 8.42 Å². The summed E-state index contributed by atoms with van der Waals surface area (Å²) in [5.74, 6) is 0.00249. The standard InChI is InChI=1S/C23H27N3O5S/c27-22(24-13-15-25(16-14-24)23(28)21-7-4-17-31-21)20-8-11-26(12-9-20)32(29,30)18-10-19-5-2-1-3-6-19/h1-7,10,17-18,20H,8-9,11-16H2/b18-10+. The smallest absolute Gasteiger partial charge is 0.289 e. The minimum atomic E-state index is -3.52. The van der Waals surface area contributed by atoms with Crippen LogP contribution in [-0.4, -0.2) is 73.6 Å². The third-order valence-corrected chi connectivity index (χ3v) is 7.57. The molecule has 2 aliphatic heterocycles. The highest BCUT2D eigenvalue weighted by atomic mass is 32.2. The van der Waals surface area contributed by atoms with Crippen molar-refractivity contribution in [2.75, 3.05) is 39.3 Å². The van der Waals surface area contributed by atoms with Crippen molar-refractivity contribution in [2.24, 2.45) is 5.92 Å². The van der Waals surface area contributed by atoms with Gasteiger partial charge in [-0.05, 0) is 36.6 Å². The van der Waals surface area contributed by atoms with E-state index in [4.69, 9.17) is 4.42 Å². The van der Waals surface area contributed by atoms with E-state index in [0.717, 1.165) is 5.56 Å². The van der Waals surface area contributed by atoms with Crippen LogP contribution in [0.1, 0.15) is 29.0 Å². The van der Waals surface area contributed by atoms with Crippen LogP contribution >= 0.6 is 0 Å². The third kappa shape index (κ3) is 5.11. The quantitative estimate of drug-likeness (QED) is 0.687. The van der Waals surface area contributed by atoms with Crippen molar-refractivity contribution in [1.82, 2.24) is 14.1 Å². The van der Waals surface area contributed by atoms with Crippen molar-refractivity contribution in [1.29, 1.82) is 0 Å². The highest BCUT2D eigenvalue weighted by molar-refractivity contribution is 7.92. The molecule has 9 heteroatoms. The van der Waals surface area contributed by atoms with Gasteiger partial charge in [-0.2, -0.15) is 4.31 Å². The van der Waals surface area contributed by atoms with E-state index in [1.807, 2.05) is 30.3 Å². The maximum Gasteiger partial charge on any atom is 0.289 e. The number of piperazine rings is 1. The molecule has 0 radical (unpaired) electrons. The molecule has 0 spiro atoms. The van der Waals surface area contributed by atoms with Crippen LogP contribution in [0.4, 0.5) is 0 Å². The number of benzene rings is 1. The van der Waals surface area contributed by atoms with E-state index in [1.54, 1.807) is 28.0 Å². The fourth-order valence-corrected chi connectivity index (χ4v) is 5.34. The second kappa shape index (κ2) is 9.70. The molecule has 2 aliphatic rings. The first-order valence-corrected chi connectivity index (χ1v) is 12.3. The minimum absolute atomic E-state index is 0.0481. The Morgan fingerprint density at radius 3 is 2.16 bits per heavy atom. The second-order valence-corrected chi connectivity index (χ2v) is 9.84. The lowest BCUT2D eigenvalue weighted by atomic mass is 9.96. The second-order valence-electron chi connectivity index (χ2n) is 8.03. The van der Waals surface area contributed by atoms with E-state index < -0.39 is 10.0 Å². The molecule has 0 atom stereocenters. The van der Waals surface area contributed by atoms with Crippen LogP contribution in [0.5, 0.6) is 0 Å². The molecule has 2 saturated heterocycles. The number of hydrogen-bond donors (Lipinski definition) is 0. The summed E-state index contributed by atoms with van der Waals surface area (Å²) < 4.78 is 31.9. The highest BCUT2D eigenvalue weighted by Gasteiger charge is 2.34. The Morgan fingerprint density at radius 1 is 0.875 bits per heavy atom. The number of rotatable bonds is 5. The Hall–Kier alpha value is -2.91. The molecule has 32 heavy (non-hydrogen) atoms. The van der Waals surface area contributed by atoms with Crippen molar-refractivity contribution in [3.05, 3.63) is 65.5 Å². The molecule has 3 heterocycles. The van der Waals surface area contributed by atoms with Gasteiger partial charge in [-0.15, -0.1) is 0 Å². The van der Waals surface area contributed by atoms with Gasteiger partial charge in [0.25, 0.3) is 5.91 Å². The first-order chi connectivity index (χ1) is 15.4. The zero-order chi connectivity index (χ0) is 22.6. The normalized spacial score (nSPS) is 18.9. The van der Waals surface area contributed by atoms with Crippen molar-refractivity contribution in [2.45, 2.75) is 12.8 Å². The average Bonchev–Trinajstić information content (AvgIpc) is 3.38. The Balaban J connectivity index is 1.27. The highest BCUT2D eigenvalue weighted by Crippen LogP contribution is 2.23. The molecule has 8 nitrogen and oxygen atoms in total. The van der Waals surface area contributed by atoms with Crippen LogP contribution in [-0.2, 0) is 14.8 Å². The van der Waals surface area contributed by atoms with Gasteiger partial charge in [0.1, 0.15) is 0 Å². The number of amides is 2. The summed E-state index contributed by atoms with van der Waals surface area (Å²) in [4.78, 5) is 28.8. The zero-order valence-electron chi connectivity index (χ0n) is 17.8. The van der Waals surface area contributed by atoms with E-state index in [9.17, 15) is 18.0 Å². The number of carbonyl (C=O) groups excluding carboxylic acids is 2. The molecule has 0 bridgehead atoms. The van der Waals surface area contributed by atoms with Gasteiger partial charge in [0.2, 0.25) is 15.9 Å². The first-order valence-electron chi connectivity index (χ1n) is 10.8. The molecule has 1 aromatic heterocycles. The number of sulfonamides is 1. The van der Waals surface area contributed by atoms with Crippen LogP contribution in [0.2, 0.25) is 0 Å². The number of piperidine rings is 1. The number of nitrogens with zero attached hydrogens (tertiary/aromatic N) is 3. The van der Waals surface area contributed by atoms with Gasteiger partial charge in [0, 0.05) is 50.6 Å². The molecule has 2 fully saturated rings. The number of furan rings is 1. The molecule has 0 saturated carbocycles. The Kier molecular flexibility index (Phi) is 6.76. The van der Waals surface area contributed by atoms with Crippen LogP contribution in [0, 0.1) is 5.92 Å². The number of carbonyl (C=O) groups is 2. The van der Waals surface area contributed by atoms with E-state index >= 15 is 0 Å². The molecule has 0 unspecified atom stereocenters. The van der Waals surface area contributed by atoms with Gasteiger partial charge in [-0.3, -0.25) is 9.59 Å². The van der Waals surface area contributed by atoms with E-state index in [2.05, 4.69) is 0 Å². The molecular formula is C23H27N3O5S. The lowest BCUT2D eigenvalue weighted by molar-refractivity contribution is -0.138. The number of hydrogen-bond acceptors (Lipinski definition) is 5. The average molecular weight is 458 g/mol. The fraction of sp³-hybridized carbons (Fsp3) is 0.391. The minimum Gasteiger partial charge on any atom is -0.459 e. The third-order valence-electron chi connectivity index (χ3n) is 6.01. The van der Waals surface area contributed by atoms with Crippen molar-refractivity contribution >= 4 is 27.9 Å². The van der Waals surface area contributed by atoms with E-state index in [0.29, 0.717) is 57.9 Å². The van der Waals surface area contributed by atoms with Gasteiger partial charge in [0.05, 0.1) is 6.26 Å². The predicted octanol–water partition coefficient (Wildman–Crippen LogP) is 2.28. The van der Waals surface area contributed by atoms with Gasteiger partial charge >= 0.3 is 0 Å². The van der Waals surface area contributed by atoms with Crippen molar-refractivity contribution in [3.8, 4) is 0 Å². The monoisotopic (exact) mass is 457 g/mol. The fourth-order valence-electron chi connectivity index (χ4n) is 4.12. The van der Waals surface area contributed by atoms with Gasteiger partial charge in [0.15, 0.2) is 5.76 Å². The lowest BCUT2D eigenvalue weighted by Crippen LogP contribution is -2.53. The van der Waals surface area contributed by atoms with Gasteiger partial charge in [-0.1, -0.05) is 30.3 Å². The molecule has 2 aromatic rings. The Bertz CT molecular complexity index is 1050. The topological polar surface area (TPSA) is 91.1 Å². The van der Waals surface area contributed by atoms with Crippen LogP contribution < -0.4 is 0 Å². The first kappa shape index (κ1) is 22.3. The largest absolute Gasteiger partial charge is 0.459 e.